The van der Waals surface area contributed by atoms with Gasteiger partial charge >= 0.3 is 0 Å². The van der Waals surface area contributed by atoms with Gasteiger partial charge in [0.1, 0.15) is 0 Å². The van der Waals surface area contributed by atoms with Crippen molar-refractivity contribution in [1.82, 2.24) is 0 Å². The topological polar surface area (TPSA) is 12.4 Å². The molecule has 0 aromatic carbocycles. The number of allylic oxidation sites excluding steroid dienone is 2. The molecule has 0 atom stereocenters. The standard InChI is InChI=1S/C6H7N.Y/c1-4-5-7-6(2)3;/h1-2,4-5H,3H3;/q-2;. The van der Waals surface area contributed by atoms with Crippen LogP contribution in [0.15, 0.2) is 16.8 Å². The predicted molar refractivity (Wildman–Crippen MR) is 30.8 cm³/mol. The summed E-state index contributed by atoms with van der Waals surface area (Å²) < 4.78 is 0. The maximum atomic E-state index is 5.12. The van der Waals surface area contributed by atoms with Crippen LogP contribution in [-0.2, 0) is 32.7 Å². The van der Waals surface area contributed by atoms with Gasteiger partial charge < -0.3 is 11.6 Å². The normalized spacial score (nSPS) is 8.12. The Kier molecular flexibility index (Phi) is 10.1. The van der Waals surface area contributed by atoms with E-state index in [9.17, 15) is 0 Å². The van der Waals surface area contributed by atoms with Crippen molar-refractivity contribution in [3.63, 3.8) is 0 Å². The third kappa shape index (κ3) is 9.54. The van der Waals surface area contributed by atoms with Crippen molar-refractivity contribution in [1.29, 1.82) is 0 Å². The third-order valence-electron chi connectivity index (χ3n) is 0.364. The fraction of sp³-hybridized carbons (Fsp3) is 0.167. The zero-order valence-electron chi connectivity index (χ0n) is 4.83. The van der Waals surface area contributed by atoms with Gasteiger partial charge in [-0.25, -0.2) is 6.08 Å². The van der Waals surface area contributed by atoms with E-state index < -0.39 is 0 Å². The summed E-state index contributed by atoms with van der Waals surface area (Å²) in [5.74, 6) is 0. The minimum atomic E-state index is 0. The molecule has 0 N–H and O–H groups in total. The molecule has 0 aromatic rings. The van der Waals surface area contributed by atoms with E-state index in [2.05, 4.69) is 4.99 Å². The number of hydrogen-bond acceptors (Lipinski definition) is 1. The molecule has 0 saturated heterocycles. The van der Waals surface area contributed by atoms with Crippen molar-refractivity contribution in [2.45, 2.75) is 6.92 Å². The molecule has 0 amide bonds. The predicted octanol–water partition coefficient (Wildman–Crippen LogP) is 1.38. The average Bonchev–Trinajstić information content (AvgIpc) is 1.61. The van der Waals surface area contributed by atoms with Crippen molar-refractivity contribution in [2.24, 2.45) is 4.99 Å². The first-order valence-corrected chi connectivity index (χ1v) is 1.94. The van der Waals surface area contributed by atoms with Crippen LogP contribution in [0.25, 0.3) is 0 Å². The molecule has 1 nitrogen and oxygen atoms in total. The molecule has 1 radical (unpaired) electrons. The quantitative estimate of drug-likeness (QED) is 0.451. The molecule has 8 heavy (non-hydrogen) atoms. The smallest absolute Gasteiger partial charge is 0 e. The second-order valence-electron chi connectivity index (χ2n) is 1.11. The van der Waals surface area contributed by atoms with Gasteiger partial charge in [0.15, 0.2) is 0 Å². The molecule has 0 spiro atoms. The first-order valence-electron chi connectivity index (χ1n) is 1.94. The van der Waals surface area contributed by atoms with Crippen molar-refractivity contribution in [3.05, 3.63) is 24.9 Å². The van der Waals surface area contributed by atoms with Crippen molar-refractivity contribution in [3.8, 4) is 0 Å². The second-order valence-corrected chi connectivity index (χ2v) is 1.11. The van der Waals surface area contributed by atoms with Crippen LogP contribution in [-0.4, -0.2) is 6.21 Å². The fourth-order valence-electron chi connectivity index (χ4n) is 0.161. The molecule has 0 aliphatic carbocycles. The summed E-state index contributed by atoms with van der Waals surface area (Å²) in [6, 6.07) is 0. The number of aliphatic imine (C=N–C) groups is 1. The molecule has 0 bridgehead atoms. The number of nitrogens with zero attached hydrogens (tertiary/aromatic N) is 1. The molecule has 0 heterocycles. The van der Waals surface area contributed by atoms with Crippen LogP contribution in [0.1, 0.15) is 6.92 Å². The maximum Gasteiger partial charge on any atom is 0 e. The van der Waals surface area contributed by atoms with Crippen molar-refractivity contribution >= 4 is 6.21 Å². The average molecular weight is 182 g/mol. The minimum Gasteiger partial charge on any atom is -0.493 e. The Balaban J connectivity index is 0. The van der Waals surface area contributed by atoms with Crippen LogP contribution in [0, 0.1) is 13.2 Å². The van der Waals surface area contributed by atoms with E-state index in [1.54, 1.807) is 6.92 Å². The summed E-state index contributed by atoms with van der Waals surface area (Å²) >= 11 is 0. The molecule has 0 saturated carbocycles. The number of hydrogen-bond donors (Lipinski definition) is 0. The summed E-state index contributed by atoms with van der Waals surface area (Å²) in [5.41, 5.74) is 0.515. The van der Waals surface area contributed by atoms with Crippen molar-refractivity contribution < 1.29 is 32.7 Å². The maximum absolute atomic E-state index is 5.12. The zero-order chi connectivity index (χ0) is 5.70. The first kappa shape index (κ1) is 11.1. The third-order valence-corrected chi connectivity index (χ3v) is 0.364. The van der Waals surface area contributed by atoms with Gasteiger partial charge in [-0.3, -0.25) is 6.58 Å². The van der Waals surface area contributed by atoms with Crippen LogP contribution >= 0.6 is 0 Å². The van der Waals surface area contributed by atoms with E-state index in [1.807, 2.05) is 0 Å². The van der Waals surface area contributed by atoms with Gasteiger partial charge in [-0.2, -0.15) is 5.70 Å². The molecule has 0 fully saturated rings. The van der Waals surface area contributed by atoms with Gasteiger partial charge in [0, 0.05) is 32.7 Å². The van der Waals surface area contributed by atoms with Gasteiger partial charge in [0.25, 0.3) is 0 Å². The molecule has 0 unspecified atom stereocenters. The SMILES string of the molecule is [CH-]=CC=NC(=[CH-])C.[Y]. The second kappa shape index (κ2) is 7.25. The molecule has 0 aliphatic heterocycles. The van der Waals surface area contributed by atoms with Gasteiger partial charge in [-0.05, 0) is 0 Å². The van der Waals surface area contributed by atoms with Gasteiger partial charge in [-0.1, -0.05) is 6.92 Å². The van der Waals surface area contributed by atoms with E-state index in [1.165, 1.54) is 12.3 Å². The van der Waals surface area contributed by atoms with Crippen LogP contribution in [0.3, 0.4) is 0 Å². The van der Waals surface area contributed by atoms with Gasteiger partial charge in [0.2, 0.25) is 0 Å². The van der Waals surface area contributed by atoms with E-state index in [-0.39, 0.29) is 32.7 Å². The van der Waals surface area contributed by atoms with Crippen molar-refractivity contribution in [2.75, 3.05) is 0 Å². The Hall–Kier alpha value is 0.254. The molecule has 0 aliphatic rings. The van der Waals surface area contributed by atoms with Crippen LogP contribution < -0.4 is 0 Å². The molecule has 0 aromatic heterocycles. The summed E-state index contributed by atoms with van der Waals surface area (Å²) in [7, 11) is 0. The Labute approximate surface area is 75.5 Å². The first-order chi connectivity index (χ1) is 3.27. The Morgan fingerprint density at radius 3 is 2.25 bits per heavy atom. The molecular weight excluding hydrogens is 175 g/mol. The summed E-state index contributed by atoms with van der Waals surface area (Å²) in [5, 5.41) is 0. The van der Waals surface area contributed by atoms with E-state index in [0.29, 0.717) is 5.70 Å². The molecule has 2 heteroatoms. The summed E-state index contributed by atoms with van der Waals surface area (Å²) in [4.78, 5) is 3.63. The Morgan fingerprint density at radius 2 is 2.12 bits per heavy atom. The molecule has 0 rings (SSSR count). The summed E-state index contributed by atoms with van der Waals surface area (Å²) in [6.07, 6.45) is 2.77. The monoisotopic (exact) mass is 182 g/mol. The fourth-order valence-corrected chi connectivity index (χ4v) is 0.161. The van der Waals surface area contributed by atoms with Crippen LogP contribution in [0.4, 0.5) is 0 Å². The minimum absolute atomic E-state index is 0. The van der Waals surface area contributed by atoms with E-state index >= 15 is 0 Å². The van der Waals surface area contributed by atoms with Crippen LogP contribution in [0.5, 0.6) is 0 Å². The zero-order valence-corrected chi connectivity index (χ0v) is 7.67. The van der Waals surface area contributed by atoms with Crippen LogP contribution in [0.2, 0.25) is 0 Å². The Bertz CT molecular complexity index is 105. The Morgan fingerprint density at radius 1 is 1.62 bits per heavy atom. The van der Waals surface area contributed by atoms with Gasteiger partial charge in [0.05, 0.1) is 0 Å². The van der Waals surface area contributed by atoms with E-state index in [0.717, 1.165) is 0 Å². The van der Waals surface area contributed by atoms with Gasteiger partial charge in [-0.15, -0.1) is 6.21 Å². The molecule has 41 valence electrons. The van der Waals surface area contributed by atoms with E-state index in [4.69, 9.17) is 13.2 Å². The molecular formula is C6H7NY-2. The largest absolute Gasteiger partial charge is 0.493 e. The number of rotatable bonds is 2. The summed E-state index contributed by atoms with van der Waals surface area (Å²) in [6.45, 7) is 11.7.